The van der Waals surface area contributed by atoms with E-state index in [2.05, 4.69) is 31.0 Å². The lowest BCUT2D eigenvalue weighted by molar-refractivity contribution is 0.0381. The fourth-order valence-electron chi connectivity index (χ4n) is 1.42. The van der Waals surface area contributed by atoms with Gasteiger partial charge in [0.05, 0.1) is 13.2 Å². The molecule has 0 amide bonds. The maximum Gasteiger partial charge on any atom is 0.293 e. The van der Waals surface area contributed by atoms with Crippen LogP contribution in [0.4, 0.5) is 0 Å². The third-order valence-electron chi connectivity index (χ3n) is 2.20. The van der Waals surface area contributed by atoms with Crippen LogP contribution in [-0.4, -0.2) is 47.9 Å². The van der Waals surface area contributed by atoms with Crippen LogP contribution in [-0.2, 0) is 11.2 Å². The number of hydrogen-bond acceptors (Lipinski definition) is 5. The molecule has 0 saturated carbocycles. The van der Waals surface area contributed by atoms with E-state index in [1.165, 1.54) is 0 Å². The quantitative estimate of drug-likeness (QED) is 0.802. The fourth-order valence-corrected chi connectivity index (χ4v) is 1.69. The van der Waals surface area contributed by atoms with Gasteiger partial charge in [-0.05, 0) is 0 Å². The van der Waals surface area contributed by atoms with Gasteiger partial charge in [0.15, 0.2) is 5.82 Å². The van der Waals surface area contributed by atoms with Crippen molar-refractivity contribution in [2.45, 2.75) is 6.42 Å². The SMILES string of the molecule is Brc1nc(CCN2CCOCC2)no1. The van der Waals surface area contributed by atoms with Gasteiger partial charge in [0.2, 0.25) is 0 Å². The van der Waals surface area contributed by atoms with Crippen molar-refractivity contribution in [3.8, 4) is 0 Å². The third kappa shape index (κ3) is 2.76. The Morgan fingerprint density at radius 3 is 2.79 bits per heavy atom. The Kier molecular flexibility index (Phi) is 3.49. The van der Waals surface area contributed by atoms with E-state index < -0.39 is 0 Å². The van der Waals surface area contributed by atoms with Crippen LogP contribution in [0, 0.1) is 0 Å². The summed E-state index contributed by atoms with van der Waals surface area (Å²) in [6, 6.07) is 0. The molecule has 1 aromatic rings. The molecule has 1 aliphatic rings. The number of morpholine rings is 1. The molecule has 1 aromatic heterocycles. The molecule has 6 heteroatoms. The van der Waals surface area contributed by atoms with Crippen molar-refractivity contribution >= 4 is 15.9 Å². The van der Waals surface area contributed by atoms with Crippen LogP contribution in [0.5, 0.6) is 0 Å². The molecule has 14 heavy (non-hydrogen) atoms. The zero-order valence-electron chi connectivity index (χ0n) is 7.78. The van der Waals surface area contributed by atoms with Crippen molar-refractivity contribution in [1.82, 2.24) is 15.0 Å². The fraction of sp³-hybridized carbons (Fsp3) is 0.750. The number of rotatable bonds is 3. The van der Waals surface area contributed by atoms with Gasteiger partial charge in [-0.1, -0.05) is 5.16 Å². The van der Waals surface area contributed by atoms with E-state index >= 15 is 0 Å². The average Bonchev–Trinajstić information content (AvgIpc) is 2.63. The number of hydrogen-bond donors (Lipinski definition) is 0. The molecule has 2 rings (SSSR count). The van der Waals surface area contributed by atoms with Crippen LogP contribution < -0.4 is 0 Å². The Morgan fingerprint density at radius 1 is 1.36 bits per heavy atom. The van der Waals surface area contributed by atoms with Gasteiger partial charge in [0.1, 0.15) is 0 Å². The van der Waals surface area contributed by atoms with Gasteiger partial charge in [-0.15, -0.1) is 0 Å². The van der Waals surface area contributed by atoms with Crippen LogP contribution in [0.15, 0.2) is 9.32 Å². The van der Waals surface area contributed by atoms with E-state index in [0.29, 0.717) is 4.80 Å². The van der Waals surface area contributed by atoms with Crippen molar-refractivity contribution in [3.05, 3.63) is 10.6 Å². The molecule has 0 radical (unpaired) electrons. The van der Waals surface area contributed by atoms with Gasteiger partial charge in [-0.25, -0.2) is 0 Å². The van der Waals surface area contributed by atoms with E-state index in [1.54, 1.807) is 0 Å². The minimum absolute atomic E-state index is 0.453. The van der Waals surface area contributed by atoms with Gasteiger partial charge in [0, 0.05) is 42.0 Å². The maximum absolute atomic E-state index is 5.26. The highest BCUT2D eigenvalue weighted by Gasteiger charge is 2.11. The lowest BCUT2D eigenvalue weighted by Crippen LogP contribution is -2.37. The van der Waals surface area contributed by atoms with Gasteiger partial charge in [-0.2, -0.15) is 4.98 Å². The normalized spacial score (nSPS) is 18.6. The molecule has 78 valence electrons. The summed E-state index contributed by atoms with van der Waals surface area (Å²) in [6.45, 7) is 4.62. The Morgan fingerprint density at radius 2 is 2.14 bits per heavy atom. The summed E-state index contributed by atoms with van der Waals surface area (Å²) in [5.41, 5.74) is 0. The van der Waals surface area contributed by atoms with E-state index in [-0.39, 0.29) is 0 Å². The first kappa shape index (κ1) is 10.1. The predicted molar refractivity (Wildman–Crippen MR) is 53.0 cm³/mol. The first-order chi connectivity index (χ1) is 6.84. The third-order valence-corrected chi connectivity index (χ3v) is 2.52. The van der Waals surface area contributed by atoms with Gasteiger partial charge in [-0.3, -0.25) is 4.90 Å². The van der Waals surface area contributed by atoms with Crippen LogP contribution in [0.1, 0.15) is 5.82 Å². The Balaban J connectivity index is 1.76. The summed E-state index contributed by atoms with van der Waals surface area (Å²) in [6.07, 6.45) is 0.828. The lowest BCUT2D eigenvalue weighted by Gasteiger charge is -2.25. The largest absolute Gasteiger partial charge is 0.379 e. The monoisotopic (exact) mass is 261 g/mol. The summed E-state index contributed by atoms with van der Waals surface area (Å²) in [7, 11) is 0. The van der Waals surface area contributed by atoms with Crippen molar-refractivity contribution in [2.75, 3.05) is 32.8 Å². The molecule has 5 nitrogen and oxygen atoms in total. The van der Waals surface area contributed by atoms with Crippen LogP contribution in [0.25, 0.3) is 0 Å². The molecule has 0 aromatic carbocycles. The van der Waals surface area contributed by atoms with Crippen LogP contribution in [0.3, 0.4) is 0 Å². The molecule has 2 heterocycles. The second-order valence-electron chi connectivity index (χ2n) is 3.17. The number of halogens is 1. The molecular formula is C8H12BrN3O2. The topological polar surface area (TPSA) is 51.4 Å². The molecule has 0 N–H and O–H groups in total. The van der Waals surface area contributed by atoms with Crippen molar-refractivity contribution in [1.29, 1.82) is 0 Å². The summed E-state index contributed by atoms with van der Waals surface area (Å²) >= 11 is 3.12. The summed E-state index contributed by atoms with van der Waals surface area (Å²) < 4.78 is 10.1. The molecule has 0 spiro atoms. The van der Waals surface area contributed by atoms with Crippen LogP contribution >= 0.6 is 15.9 Å². The summed E-state index contributed by atoms with van der Waals surface area (Å²) in [5, 5.41) is 3.81. The molecule has 1 fully saturated rings. The molecule has 1 aliphatic heterocycles. The highest BCUT2D eigenvalue weighted by atomic mass is 79.9. The first-order valence-corrected chi connectivity index (χ1v) is 5.42. The van der Waals surface area contributed by atoms with Crippen molar-refractivity contribution < 1.29 is 9.26 Å². The number of nitrogens with zero attached hydrogens (tertiary/aromatic N) is 3. The minimum atomic E-state index is 0.453. The lowest BCUT2D eigenvalue weighted by atomic mass is 10.3. The maximum atomic E-state index is 5.26. The summed E-state index contributed by atoms with van der Waals surface area (Å²) in [5.74, 6) is 0.753. The second kappa shape index (κ2) is 4.86. The number of ether oxygens (including phenoxy) is 1. The Labute approximate surface area is 90.5 Å². The Bertz CT molecular complexity index is 286. The standard InChI is InChI=1S/C8H12BrN3O2/c9-8-10-7(11-14-8)1-2-12-3-5-13-6-4-12/h1-6H2. The predicted octanol–water partition coefficient (Wildman–Crippen LogP) is 0.707. The van der Waals surface area contributed by atoms with Crippen LogP contribution in [0.2, 0.25) is 0 Å². The zero-order chi connectivity index (χ0) is 9.80. The second-order valence-corrected chi connectivity index (χ2v) is 3.85. The van der Waals surface area contributed by atoms with Gasteiger partial charge in [0.25, 0.3) is 4.80 Å². The van der Waals surface area contributed by atoms with Crippen molar-refractivity contribution in [2.24, 2.45) is 0 Å². The van der Waals surface area contributed by atoms with Crippen molar-refractivity contribution in [3.63, 3.8) is 0 Å². The van der Waals surface area contributed by atoms with E-state index in [4.69, 9.17) is 9.26 Å². The molecule has 0 bridgehead atoms. The highest BCUT2D eigenvalue weighted by molar-refractivity contribution is 9.10. The van der Waals surface area contributed by atoms with E-state index in [0.717, 1.165) is 45.1 Å². The smallest absolute Gasteiger partial charge is 0.293 e. The highest BCUT2D eigenvalue weighted by Crippen LogP contribution is 2.06. The summed E-state index contributed by atoms with van der Waals surface area (Å²) in [4.78, 5) is 6.87. The van der Waals surface area contributed by atoms with E-state index in [9.17, 15) is 0 Å². The van der Waals surface area contributed by atoms with E-state index in [1.807, 2.05) is 0 Å². The molecule has 0 atom stereocenters. The molecule has 0 unspecified atom stereocenters. The Hall–Kier alpha value is -0.460. The minimum Gasteiger partial charge on any atom is -0.379 e. The molecule has 1 saturated heterocycles. The first-order valence-electron chi connectivity index (χ1n) is 4.63. The number of aromatic nitrogens is 2. The molecule has 0 aliphatic carbocycles. The molecular weight excluding hydrogens is 250 g/mol. The average molecular weight is 262 g/mol. The van der Waals surface area contributed by atoms with Gasteiger partial charge < -0.3 is 9.26 Å². The zero-order valence-corrected chi connectivity index (χ0v) is 9.36. The van der Waals surface area contributed by atoms with Gasteiger partial charge >= 0.3 is 0 Å².